The Balaban J connectivity index is -0.000000348. The van der Waals surface area contributed by atoms with E-state index in [1.54, 1.807) is 0 Å². The van der Waals surface area contributed by atoms with Gasteiger partial charge in [-0.3, -0.25) is 9.59 Å². The van der Waals surface area contributed by atoms with Gasteiger partial charge in [0.05, 0.1) is 12.8 Å². The van der Waals surface area contributed by atoms with Crippen molar-refractivity contribution in [3.8, 4) is 0 Å². The van der Waals surface area contributed by atoms with Crippen molar-refractivity contribution in [1.82, 2.24) is 0 Å². The predicted molar refractivity (Wildman–Crippen MR) is 67.3 cm³/mol. The maximum atomic E-state index is 10.3. The summed E-state index contributed by atoms with van der Waals surface area (Å²) in [5.41, 5.74) is -2.74. The first kappa shape index (κ1) is 25.3. The van der Waals surface area contributed by atoms with Crippen LogP contribution in [0.2, 0.25) is 0 Å². The van der Waals surface area contributed by atoms with Gasteiger partial charge in [0.25, 0.3) is 0 Å². The van der Waals surface area contributed by atoms with Crippen molar-refractivity contribution >= 4 is 67.6 Å². The second-order valence-corrected chi connectivity index (χ2v) is 3.49. The third-order valence-electron chi connectivity index (χ3n) is 1.65. The first-order chi connectivity index (χ1) is 9.40. The van der Waals surface area contributed by atoms with E-state index in [1.165, 1.54) is 0 Å². The van der Waals surface area contributed by atoms with Crippen molar-refractivity contribution in [3.05, 3.63) is 12.2 Å². The first-order valence-electron chi connectivity index (χ1n) is 4.94. The normalized spacial score (nSPS) is 9.86. The minimum absolute atomic E-state index is 0. The fourth-order valence-electron chi connectivity index (χ4n) is 0.857. The summed E-state index contributed by atoms with van der Waals surface area (Å²) in [6, 6.07) is 0. The van der Waals surface area contributed by atoms with Crippen LogP contribution in [-0.4, -0.2) is 104 Å². The van der Waals surface area contributed by atoms with Crippen molar-refractivity contribution in [2.45, 2.75) is 18.4 Å². The molecule has 11 nitrogen and oxygen atoms in total. The number of aliphatic carboxylic acids is 5. The molecular weight excluding hydrogens is 336 g/mol. The molecule has 2 radical (unpaired) electrons. The molecule has 0 aliphatic rings. The Bertz CT molecular complexity index is 435. The third kappa shape index (κ3) is 14.7. The maximum Gasteiger partial charge on any atom is 0.336 e. The molecule has 0 bridgehead atoms. The fraction of sp³-hybridized carbons (Fsp3) is 0.300. The summed E-state index contributed by atoms with van der Waals surface area (Å²) in [7, 11) is 0. The smallest absolute Gasteiger partial charge is 0.336 e. The van der Waals surface area contributed by atoms with E-state index in [9.17, 15) is 24.0 Å². The molecule has 22 heavy (non-hydrogen) atoms. The summed E-state index contributed by atoms with van der Waals surface area (Å²) >= 11 is 0. The zero-order valence-corrected chi connectivity index (χ0v) is 13.2. The van der Waals surface area contributed by atoms with E-state index in [0.29, 0.717) is 12.2 Å². The zero-order chi connectivity index (χ0) is 17.2. The van der Waals surface area contributed by atoms with Gasteiger partial charge in [-0.1, -0.05) is 0 Å². The minimum Gasteiger partial charge on any atom is -0.481 e. The van der Waals surface area contributed by atoms with Gasteiger partial charge in [-0.15, -0.1) is 0 Å². The molecule has 0 aliphatic carbocycles. The second-order valence-electron chi connectivity index (χ2n) is 3.49. The molecule has 0 spiro atoms. The van der Waals surface area contributed by atoms with Gasteiger partial charge >= 0.3 is 29.8 Å². The molecule has 0 saturated heterocycles. The van der Waals surface area contributed by atoms with Crippen molar-refractivity contribution in [2.75, 3.05) is 0 Å². The SMILES string of the molecule is O=C(O)/C=C\C(=O)O.O=C(O)CC(O)(CC(=O)O)C(=O)O.[Ca]. The maximum absolute atomic E-state index is 10.3. The van der Waals surface area contributed by atoms with Crippen LogP contribution in [0, 0.1) is 0 Å². The molecule has 120 valence electrons. The Kier molecular flexibility index (Phi) is 13.7. The molecule has 0 aromatic rings. The molecule has 0 aromatic carbocycles. The molecule has 0 heterocycles. The van der Waals surface area contributed by atoms with E-state index in [4.69, 9.17) is 30.6 Å². The number of rotatable bonds is 7. The van der Waals surface area contributed by atoms with Crippen molar-refractivity contribution in [1.29, 1.82) is 0 Å². The molecule has 0 aromatic heterocycles. The summed E-state index contributed by atoms with van der Waals surface area (Å²) in [5, 5.41) is 49.4. The van der Waals surface area contributed by atoms with Gasteiger partial charge in [-0.2, -0.15) is 0 Å². The Hall–Kier alpha value is -1.69. The average molecular weight is 348 g/mol. The molecule has 0 atom stereocenters. The van der Waals surface area contributed by atoms with E-state index in [0.717, 1.165) is 0 Å². The van der Waals surface area contributed by atoms with Gasteiger partial charge in [0.15, 0.2) is 5.60 Å². The van der Waals surface area contributed by atoms with Crippen molar-refractivity contribution in [3.63, 3.8) is 0 Å². The molecule has 0 aliphatic heterocycles. The summed E-state index contributed by atoms with van der Waals surface area (Å²) in [6.45, 7) is 0. The molecule has 0 rings (SSSR count). The molecule has 12 heteroatoms. The number of aliphatic hydroxyl groups is 1. The Morgan fingerprint density at radius 2 is 1.00 bits per heavy atom. The second kappa shape index (κ2) is 11.9. The summed E-state index contributed by atoms with van der Waals surface area (Å²) in [4.78, 5) is 49.6. The van der Waals surface area contributed by atoms with Crippen LogP contribution in [0.5, 0.6) is 0 Å². The molecule has 0 amide bonds. The van der Waals surface area contributed by atoms with Crippen LogP contribution in [0.4, 0.5) is 0 Å². The summed E-state index contributed by atoms with van der Waals surface area (Å²) < 4.78 is 0. The van der Waals surface area contributed by atoms with Crippen LogP contribution in [0.3, 0.4) is 0 Å². The Morgan fingerprint density at radius 1 is 0.727 bits per heavy atom. The number of carbonyl (C=O) groups is 5. The largest absolute Gasteiger partial charge is 0.481 e. The monoisotopic (exact) mass is 348 g/mol. The minimum atomic E-state index is -2.74. The standard InChI is InChI=1S/C6H8O7.C4H4O4.Ca/c7-3(8)1-6(13,5(11)12)2-4(9)10;5-3(6)1-2-4(7)8;/h13H,1-2H2,(H,7,8)(H,9,10)(H,11,12);1-2H,(H,5,6)(H,7,8);/b;2-1-;. The quantitative estimate of drug-likeness (QED) is 0.221. The van der Waals surface area contributed by atoms with Crippen LogP contribution in [0.1, 0.15) is 12.8 Å². The van der Waals surface area contributed by atoms with E-state index < -0.39 is 48.3 Å². The van der Waals surface area contributed by atoms with Crippen LogP contribution in [0.25, 0.3) is 0 Å². The van der Waals surface area contributed by atoms with Crippen molar-refractivity contribution < 1.29 is 54.6 Å². The molecule has 6 N–H and O–H groups in total. The van der Waals surface area contributed by atoms with Crippen LogP contribution < -0.4 is 0 Å². The number of carboxylic acids is 5. The number of carboxylic acid groups (broad SMARTS) is 5. The number of hydrogen-bond donors (Lipinski definition) is 6. The molecule has 0 fully saturated rings. The van der Waals surface area contributed by atoms with Gasteiger partial charge in [-0.05, 0) is 0 Å². The van der Waals surface area contributed by atoms with Gasteiger partial charge in [0.2, 0.25) is 0 Å². The van der Waals surface area contributed by atoms with E-state index in [2.05, 4.69) is 0 Å². The fourth-order valence-corrected chi connectivity index (χ4v) is 0.857. The van der Waals surface area contributed by atoms with Crippen LogP contribution in [-0.2, 0) is 24.0 Å². The van der Waals surface area contributed by atoms with Gasteiger partial charge in [-0.25, -0.2) is 14.4 Å². The molecule has 0 unspecified atom stereocenters. The van der Waals surface area contributed by atoms with Gasteiger partial charge in [0.1, 0.15) is 0 Å². The van der Waals surface area contributed by atoms with Crippen LogP contribution >= 0.6 is 0 Å². The third-order valence-corrected chi connectivity index (χ3v) is 1.65. The summed E-state index contributed by atoms with van der Waals surface area (Å²) in [6.07, 6.45) is -1.17. The van der Waals surface area contributed by atoms with Crippen molar-refractivity contribution in [2.24, 2.45) is 0 Å². The van der Waals surface area contributed by atoms with E-state index in [-0.39, 0.29) is 37.7 Å². The predicted octanol–water partition coefficient (Wildman–Crippen LogP) is -1.92. The van der Waals surface area contributed by atoms with E-state index >= 15 is 0 Å². The van der Waals surface area contributed by atoms with Crippen LogP contribution in [0.15, 0.2) is 12.2 Å². The number of hydrogen-bond acceptors (Lipinski definition) is 6. The van der Waals surface area contributed by atoms with E-state index in [1.807, 2.05) is 0 Å². The average Bonchev–Trinajstić information content (AvgIpc) is 2.24. The Morgan fingerprint density at radius 3 is 1.14 bits per heavy atom. The summed E-state index contributed by atoms with van der Waals surface area (Å²) in [5.74, 6) is -7.53. The first-order valence-corrected chi connectivity index (χ1v) is 4.94. The molecule has 0 saturated carbocycles. The van der Waals surface area contributed by atoms with Gasteiger partial charge < -0.3 is 30.6 Å². The topological polar surface area (TPSA) is 207 Å². The zero-order valence-electron chi connectivity index (χ0n) is 11.0. The Labute approximate surface area is 152 Å². The van der Waals surface area contributed by atoms with Gasteiger partial charge in [0, 0.05) is 49.9 Å². The molecular formula is C10H12CaO11.